The summed E-state index contributed by atoms with van der Waals surface area (Å²) in [5, 5.41) is 1.15. The van der Waals surface area contributed by atoms with E-state index in [2.05, 4.69) is 4.98 Å². The Bertz CT molecular complexity index is 488. The smallest absolute Gasteiger partial charge is 0.389 e. The Morgan fingerprint density at radius 1 is 1.12 bits per heavy atom. The molecule has 0 aliphatic rings. The molecule has 2 rings (SSSR count). The van der Waals surface area contributed by atoms with Gasteiger partial charge in [-0.15, -0.1) is 0 Å². The van der Waals surface area contributed by atoms with Crippen LogP contribution in [0.25, 0.3) is 10.6 Å². The molecule has 0 aliphatic heterocycles. The van der Waals surface area contributed by atoms with Gasteiger partial charge in [-0.3, -0.25) is 0 Å². The molecule has 1 aromatic carbocycles. The van der Waals surface area contributed by atoms with Crippen LogP contribution >= 0.6 is 11.3 Å². The Morgan fingerprint density at radius 2 is 1.75 bits per heavy atom. The van der Waals surface area contributed by atoms with Crippen molar-refractivity contribution < 1.29 is 13.2 Å². The Labute approximate surface area is 93.5 Å². The fourth-order valence-electron chi connectivity index (χ4n) is 1.22. The summed E-state index contributed by atoms with van der Waals surface area (Å²) in [5.74, 6) is 0. The Balaban J connectivity index is 2.33. The van der Waals surface area contributed by atoms with Gasteiger partial charge in [-0.05, 0) is 12.1 Å². The van der Waals surface area contributed by atoms with Crippen molar-refractivity contribution in [2.75, 3.05) is 5.73 Å². The molecule has 16 heavy (non-hydrogen) atoms. The number of nitrogens with zero attached hydrogens (tertiary/aromatic N) is 1. The number of aromatic nitrogens is 1. The average Bonchev–Trinajstić information content (AvgIpc) is 2.64. The number of hydrogen-bond donors (Lipinski definition) is 1. The van der Waals surface area contributed by atoms with Crippen LogP contribution in [-0.2, 0) is 6.18 Å². The van der Waals surface area contributed by atoms with Crippen LogP contribution in [0.4, 0.5) is 18.2 Å². The highest BCUT2D eigenvalue weighted by Gasteiger charge is 2.30. The van der Waals surface area contributed by atoms with Crippen molar-refractivity contribution in [3.63, 3.8) is 0 Å². The SMILES string of the molecule is Nc1cnc(-c2ccc(C(F)(F)F)cc2)s1. The molecule has 1 aromatic heterocycles. The Kier molecular flexibility index (Phi) is 2.59. The minimum Gasteiger partial charge on any atom is -0.389 e. The van der Waals surface area contributed by atoms with Crippen molar-refractivity contribution in [1.29, 1.82) is 0 Å². The van der Waals surface area contributed by atoms with Crippen LogP contribution in [0.1, 0.15) is 5.56 Å². The fraction of sp³-hybridized carbons (Fsp3) is 0.100. The summed E-state index contributed by atoms with van der Waals surface area (Å²) in [6.07, 6.45) is -2.82. The summed E-state index contributed by atoms with van der Waals surface area (Å²) in [4.78, 5) is 3.99. The number of anilines is 1. The van der Waals surface area contributed by atoms with Crippen molar-refractivity contribution in [2.24, 2.45) is 0 Å². The van der Waals surface area contributed by atoms with E-state index in [9.17, 15) is 13.2 Å². The van der Waals surface area contributed by atoms with Crippen LogP contribution < -0.4 is 5.73 Å². The van der Waals surface area contributed by atoms with Crippen LogP contribution in [0.2, 0.25) is 0 Å². The van der Waals surface area contributed by atoms with Crippen LogP contribution in [0.5, 0.6) is 0 Å². The molecule has 6 heteroatoms. The van der Waals surface area contributed by atoms with Gasteiger partial charge in [-0.25, -0.2) is 4.98 Å². The molecule has 0 saturated carbocycles. The zero-order valence-electron chi connectivity index (χ0n) is 7.95. The number of halogens is 3. The van der Waals surface area contributed by atoms with E-state index in [0.717, 1.165) is 12.1 Å². The molecule has 0 radical (unpaired) electrons. The molecule has 84 valence electrons. The van der Waals surface area contributed by atoms with E-state index in [4.69, 9.17) is 5.73 Å². The van der Waals surface area contributed by atoms with Gasteiger partial charge >= 0.3 is 6.18 Å². The lowest BCUT2D eigenvalue weighted by Gasteiger charge is -2.06. The molecule has 0 spiro atoms. The summed E-state index contributed by atoms with van der Waals surface area (Å²) in [7, 11) is 0. The van der Waals surface area contributed by atoms with Crippen molar-refractivity contribution in [1.82, 2.24) is 4.98 Å². The highest BCUT2D eigenvalue weighted by Crippen LogP contribution is 2.32. The lowest BCUT2D eigenvalue weighted by atomic mass is 10.1. The van der Waals surface area contributed by atoms with Gasteiger partial charge in [0.25, 0.3) is 0 Å². The Hall–Kier alpha value is -1.56. The minimum absolute atomic E-state index is 0.537. The molecule has 0 bridgehead atoms. The number of benzene rings is 1. The van der Waals surface area contributed by atoms with Gasteiger partial charge in [-0.2, -0.15) is 13.2 Å². The first-order valence-electron chi connectivity index (χ1n) is 4.36. The lowest BCUT2D eigenvalue weighted by molar-refractivity contribution is -0.137. The average molecular weight is 244 g/mol. The minimum atomic E-state index is -4.31. The van der Waals surface area contributed by atoms with Gasteiger partial charge in [-0.1, -0.05) is 23.5 Å². The summed E-state index contributed by atoms with van der Waals surface area (Å²) in [5.41, 5.74) is 5.46. The van der Waals surface area contributed by atoms with Crippen molar-refractivity contribution >= 4 is 16.3 Å². The second kappa shape index (κ2) is 3.79. The number of nitrogen functional groups attached to an aromatic ring is 1. The monoisotopic (exact) mass is 244 g/mol. The van der Waals surface area contributed by atoms with Gasteiger partial charge in [0.1, 0.15) is 10.0 Å². The first-order valence-corrected chi connectivity index (χ1v) is 5.17. The number of rotatable bonds is 1. The molecule has 1 heterocycles. The van der Waals surface area contributed by atoms with E-state index in [1.165, 1.54) is 29.7 Å². The largest absolute Gasteiger partial charge is 0.416 e. The Morgan fingerprint density at radius 3 is 2.19 bits per heavy atom. The summed E-state index contributed by atoms with van der Waals surface area (Å²) < 4.78 is 36.9. The second-order valence-corrected chi connectivity index (χ2v) is 4.21. The maximum atomic E-state index is 12.3. The van der Waals surface area contributed by atoms with Crippen molar-refractivity contribution in [2.45, 2.75) is 6.18 Å². The van der Waals surface area contributed by atoms with E-state index in [1.54, 1.807) is 0 Å². The predicted molar refractivity (Wildman–Crippen MR) is 57.0 cm³/mol. The molecule has 0 atom stereocenters. The van der Waals surface area contributed by atoms with Gasteiger partial charge in [0.2, 0.25) is 0 Å². The van der Waals surface area contributed by atoms with E-state index in [0.29, 0.717) is 15.6 Å². The molecule has 0 aliphatic carbocycles. The van der Waals surface area contributed by atoms with Crippen molar-refractivity contribution in [3.8, 4) is 10.6 Å². The third-order valence-corrected chi connectivity index (χ3v) is 2.86. The number of nitrogens with two attached hydrogens (primary N) is 1. The number of thiazole rings is 1. The summed E-state index contributed by atoms with van der Waals surface area (Å²) >= 11 is 1.24. The van der Waals surface area contributed by atoms with Crippen molar-refractivity contribution in [3.05, 3.63) is 36.0 Å². The second-order valence-electron chi connectivity index (χ2n) is 3.14. The topological polar surface area (TPSA) is 38.9 Å². The third kappa shape index (κ3) is 2.16. The first-order chi connectivity index (χ1) is 7.47. The van der Waals surface area contributed by atoms with E-state index in [-0.39, 0.29) is 0 Å². The molecule has 0 saturated heterocycles. The standard InChI is InChI=1S/C10H7F3N2S/c11-10(12,13)7-3-1-6(2-4-7)9-15-5-8(14)16-9/h1-5H,14H2. The summed E-state index contributed by atoms with van der Waals surface area (Å²) in [6.45, 7) is 0. The van der Waals surface area contributed by atoms with Crippen LogP contribution in [-0.4, -0.2) is 4.98 Å². The van der Waals surface area contributed by atoms with Crippen LogP contribution in [0.15, 0.2) is 30.5 Å². The van der Waals surface area contributed by atoms with Gasteiger partial charge in [0, 0.05) is 5.56 Å². The predicted octanol–water partition coefficient (Wildman–Crippen LogP) is 3.41. The molecule has 2 aromatic rings. The maximum absolute atomic E-state index is 12.3. The normalized spacial score (nSPS) is 11.7. The van der Waals surface area contributed by atoms with E-state index < -0.39 is 11.7 Å². The number of hydrogen-bond acceptors (Lipinski definition) is 3. The van der Waals surface area contributed by atoms with Crippen LogP contribution in [0, 0.1) is 0 Å². The molecule has 2 nitrogen and oxygen atoms in total. The lowest BCUT2D eigenvalue weighted by Crippen LogP contribution is -2.03. The van der Waals surface area contributed by atoms with Gasteiger partial charge < -0.3 is 5.73 Å². The van der Waals surface area contributed by atoms with E-state index in [1.807, 2.05) is 0 Å². The van der Waals surface area contributed by atoms with Crippen LogP contribution in [0.3, 0.4) is 0 Å². The highest BCUT2D eigenvalue weighted by atomic mass is 32.1. The quantitative estimate of drug-likeness (QED) is 0.834. The first kappa shape index (κ1) is 10.9. The molecule has 0 unspecified atom stereocenters. The molecule has 2 N–H and O–H groups in total. The van der Waals surface area contributed by atoms with E-state index >= 15 is 0 Å². The third-order valence-electron chi connectivity index (χ3n) is 1.98. The molecule has 0 fully saturated rings. The number of alkyl halides is 3. The maximum Gasteiger partial charge on any atom is 0.416 e. The molecular weight excluding hydrogens is 237 g/mol. The van der Waals surface area contributed by atoms with Gasteiger partial charge in [0.15, 0.2) is 0 Å². The fourth-order valence-corrected chi connectivity index (χ4v) is 1.91. The van der Waals surface area contributed by atoms with Gasteiger partial charge in [0.05, 0.1) is 11.8 Å². The highest BCUT2D eigenvalue weighted by molar-refractivity contribution is 7.18. The molecular formula is C10H7F3N2S. The zero-order chi connectivity index (χ0) is 11.8. The summed E-state index contributed by atoms with van der Waals surface area (Å²) in [6, 6.07) is 4.85. The molecule has 0 amide bonds. The zero-order valence-corrected chi connectivity index (χ0v) is 8.77.